The minimum absolute atomic E-state index is 0.0980. The third kappa shape index (κ3) is 7.65. The smallest absolute Gasteiger partial charge is 0.146 e. The lowest BCUT2D eigenvalue weighted by Crippen LogP contribution is -2.41. The van der Waals surface area contributed by atoms with Gasteiger partial charge in [0.15, 0.2) is 0 Å². The molecule has 2 aliphatic carbocycles. The number of hydrogen-bond acceptors (Lipinski definition) is 8. The van der Waals surface area contributed by atoms with Gasteiger partial charge in [0.1, 0.15) is 46.3 Å². The summed E-state index contributed by atoms with van der Waals surface area (Å²) in [6.45, 7) is 8.77. The summed E-state index contributed by atoms with van der Waals surface area (Å²) < 4.78 is 0. The van der Waals surface area contributed by atoms with Gasteiger partial charge in [0.05, 0.1) is 21.7 Å². The number of carbonyl (C=O) groups excluding carboxylic acids is 8. The maximum absolute atomic E-state index is 13.0. The molecule has 0 aliphatic heterocycles. The molecule has 234 valence electrons. The van der Waals surface area contributed by atoms with Crippen LogP contribution in [0.1, 0.15) is 144 Å². The van der Waals surface area contributed by atoms with Crippen molar-refractivity contribution in [2.24, 2.45) is 21.7 Å². The molecule has 2 fully saturated rings. The highest BCUT2D eigenvalue weighted by Gasteiger charge is 2.46. The largest absolute Gasteiger partial charge is 0.299 e. The molecule has 0 saturated heterocycles. The van der Waals surface area contributed by atoms with Crippen LogP contribution in [-0.4, -0.2) is 46.3 Å². The second-order valence-corrected chi connectivity index (χ2v) is 13.7. The van der Waals surface area contributed by atoms with Gasteiger partial charge in [-0.05, 0) is 67.2 Å². The number of rotatable bonds is 17. The Balaban J connectivity index is 1.92. The molecule has 8 nitrogen and oxygen atoms in total. The van der Waals surface area contributed by atoms with E-state index < -0.39 is 44.8 Å². The summed E-state index contributed by atoms with van der Waals surface area (Å²) in [4.78, 5) is 103. The summed E-state index contributed by atoms with van der Waals surface area (Å²) in [5.41, 5.74) is -4.88. The first-order chi connectivity index (χ1) is 19.4. The molecule has 0 spiro atoms. The molecule has 2 aliphatic rings. The SMILES string of the molecule is CC(=O)C1(C(=O)CCC(=O)C(C)(C)C(=O)CCC(=O)C(C)(C)C(=O)CCC(=O)C2(C(C)=O)CCCCC2)CCCCC1. The zero-order valence-corrected chi connectivity index (χ0v) is 26.6. The third-order valence-electron chi connectivity index (χ3n) is 10.4. The van der Waals surface area contributed by atoms with Crippen LogP contribution in [0.4, 0.5) is 0 Å². The Hall–Kier alpha value is -2.64. The first-order valence-electron chi connectivity index (χ1n) is 15.7. The van der Waals surface area contributed by atoms with Crippen molar-refractivity contribution in [3.63, 3.8) is 0 Å². The van der Waals surface area contributed by atoms with Crippen LogP contribution in [0.3, 0.4) is 0 Å². The van der Waals surface area contributed by atoms with E-state index >= 15 is 0 Å². The Morgan fingerprint density at radius 1 is 0.429 bits per heavy atom. The van der Waals surface area contributed by atoms with Gasteiger partial charge < -0.3 is 0 Å². The van der Waals surface area contributed by atoms with Crippen molar-refractivity contribution in [3.8, 4) is 0 Å². The average molecular weight is 587 g/mol. The predicted molar refractivity (Wildman–Crippen MR) is 158 cm³/mol. The third-order valence-corrected chi connectivity index (χ3v) is 10.4. The summed E-state index contributed by atoms with van der Waals surface area (Å²) in [6, 6.07) is 0. The van der Waals surface area contributed by atoms with E-state index in [0.717, 1.165) is 38.5 Å². The summed E-state index contributed by atoms with van der Waals surface area (Å²) in [6.07, 6.45) is 6.18. The Kier molecular flexibility index (Phi) is 12.0. The molecule has 2 rings (SSSR count). The number of Topliss-reactive ketones (excluding diaryl/α,β-unsaturated/α-hetero) is 8. The molecular formula is C34H50O8. The van der Waals surface area contributed by atoms with Gasteiger partial charge >= 0.3 is 0 Å². The molecule has 0 aromatic carbocycles. The van der Waals surface area contributed by atoms with Crippen LogP contribution >= 0.6 is 0 Å². The first-order valence-corrected chi connectivity index (χ1v) is 15.7. The van der Waals surface area contributed by atoms with Crippen LogP contribution in [0.2, 0.25) is 0 Å². The van der Waals surface area contributed by atoms with Gasteiger partial charge in [-0.3, -0.25) is 38.4 Å². The van der Waals surface area contributed by atoms with Crippen molar-refractivity contribution in [1.82, 2.24) is 0 Å². The van der Waals surface area contributed by atoms with E-state index in [1.165, 1.54) is 41.5 Å². The molecule has 2 saturated carbocycles. The summed E-state index contributed by atoms with van der Waals surface area (Å²) in [7, 11) is 0. The van der Waals surface area contributed by atoms with Gasteiger partial charge in [-0.2, -0.15) is 0 Å². The molecular weight excluding hydrogens is 536 g/mol. The van der Waals surface area contributed by atoms with Crippen molar-refractivity contribution in [2.75, 3.05) is 0 Å². The van der Waals surface area contributed by atoms with E-state index in [4.69, 9.17) is 0 Å². The Morgan fingerprint density at radius 2 is 0.667 bits per heavy atom. The zero-order valence-electron chi connectivity index (χ0n) is 26.6. The van der Waals surface area contributed by atoms with Gasteiger partial charge in [-0.25, -0.2) is 0 Å². The van der Waals surface area contributed by atoms with E-state index in [0.29, 0.717) is 25.7 Å². The monoisotopic (exact) mass is 586 g/mol. The van der Waals surface area contributed by atoms with Crippen LogP contribution < -0.4 is 0 Å². The average Bonchev–Trinajstić information content (AvgIpc) is 2.96. The van der Waals surface area contributed by atoms with Gasteiger partial charge in [-0.15, -0.1) is 0 Å². The van der Waals surface area contributed by atoms with Crippen LogP contribution in [0.5, 0.6) is 0 Å². The summed E-state index contributed by atoms with van der Waals surface area (Å²) >= 11 is 0. The van der Waals surface area contributed by atoms with Crippen molar-refractivity contribution in [1.29, 1.82) is 0 Å². The van der Waals surface area contributed by atoms with Gasteiger partial charge in [0.25, 0.3) is 0 Å². The van der Waals surface area contributed by atoms with E-state index in [9.17, 15) is 38.4 Å². The molecule has 8 heteroatoms. The second-order valence-electron chi connectivity index (χ2n) is 13.7. The quantitative estimate of drug-likeness (QED) is 0.193. The molecule has 0 aromatic heterocycles. The van der Waals surface area contributed by atoms with E-state index in [1.54, 1.807) is 0 Å². The number of ketones is 8. The second kappa shape index (κ2) is 14.2. The highest BCUT2D eigenvalue weighted by molar-refractivity contribution is 6.12. The molecule has 0 radical (unpaired) electrons. The highest BCUT2D eigenvalue weighted by atomic mass is 16.2. The van der Waals surface area contributed by atoms with Gasteiger partial charge in [-0.1, -0.05) is 38.5 Å². The normalized spacial score (nSPS) is 18.5. The van der Waals surface area contributed by atoms with Crippen molar-refractivity contribution in [3.05, 3.63) is 0 Å². The summed E-state index contributed by atoms with van der Waals surface area (Å²) in [5, 5.41) is 0. The minimum Gasteiger partial charge on any atom is -0.299 e. The molecule has 0 aromatic rings. The van der Waals surface area contributed by atoms with Crippen molar-refractivity contribution in [2.45, 2.75) is 144 Å². The van der Waals surface area contributed by atoms with Gasteiger partial charge in [0, 0.05) is 38.5 Å². The molecule has 0 N–H and O–H groups in total. The Bertz CT molecular complexity index is 1020. The van der Waals surface area contributed by atoms with Gasteiger partial charge in [0.2, 0.25) is 0 Å². The molecule has 0 heterocycles. The number of carbonyl (C=O) groups is 8. The fourth-order valence-electron chi connectivity index (χ4n) is 6.69. The maximum Gasteiger partial charge on any atom is 0.146 e. The van der Waals surface area contributed by atoms with Crippen LogP contribution in [-0.2, 0) is 38.4 Å². The van der Waals surface area contributed by atoms with Crippen molar-refractivity contribution >= 4 is 46.3 Å². The lowest BCUT2D eigenvalue weighted by atomic mass is 9.67. The predicted octanol–water partition coefficient (Wildman–Crippen LogP) is 5.87. The van der Waals surface area contributed by atoms with E-state index in [1.807, 2.05) is 0 Å². The number of hydrogen-bond donors (Lipinski definition) is 0. The molecule has 42 heavy (non-hydrogen) atoms. The fourth-order valence-corrected chi connectivity index (χ4v) is 6.69. The molecule has 0 bridgehead atoms. The highest BCUT2D eigenvalue weighted by Crippen LogP contribution is 2.41. The van der Waals surface area contributed by atoms with E-state index in [2.05, 4.69) is 0 Å². The molecule has 0 unspecified atom stereocenters. The zero-order chi connectivity index (χ0) is 31.9. The van der Waals surface area contributed by atoms with E-state index in [-0.39, 0.29) is 61.7 Å². The molecule has 0 atom stereocenters. The standard InChI is InChI=1S/C34H50O8/c1-23(35)33(19-9-7-10-20-33)29(41)17-15-27(39)31(3,4)25(37)13-14-26(38)32(5,6)28(40)16-18-30(42)34(24(2)36)21-11-8-12-22-34/h7-22H2,1-6H3. The topological polar surface area (TPSA) is 137 Å². The lowest BCUT2D eigenvalue weighted by molar-refractivity contribution is -0.146. The van der Waals surface area contributed by atoms with Crippen molar-refractivity contribution < 1.29 is 38.4 Å². The fraction of sp³-hybridized carbons (Fsp3) is 0.765. The molecule has 0 amide bonds. The lowest BCUT2D eigenvalue weighted by Gasteiger charge is -2.33. The maximum atomic E-state index is 13.0. The Morgan fingerprint density at radius 3 is 0.905 bits per heavy atom. The minimum atomic E-state index is -1.42. The van der Waals surface area contributed by atoms with Crippen LogP contribution in [0, 0.1) is 21.7 Å². The summed E-state index contributed by atoms with van der Waals surface area (Å²) in [5.74, 6) is -2.55. The van der Waals surface area contributed by atoms with Crippen LogP contribution in [0.15, 0.2) is 0 Å². The first kappa shape index (κ1) is 35.6. The van der Waals surface area contributed by atoms with Crippen LogP contribution in [0.25, 0.3) is 0 Å². The Labute approximate surface area is 250 Å².